The number of nitrogens with zero attached hydrogens (tertiary/aromatic N) is 2. The summed E-state index contributed by atoms with van der Waals surface area (Å²) < 4.78 is 0. The fourth-order valence-electron chi connectivity index (χ4n) is 4.04. The van der Waals surface area contributed by atoms with Crippen LogP contribution in [-0.4, -0.2) is 31.4 Å². The first kappa shape index (κ1) is 21.0. The summed E-state index contributed by atoms with van der Waals surface area (Å²) in [5, 5.41) is 3.00. The Morgan fingerprint density at radius 1 is 1.03 bits per heavy atom. The minimum Gasteiger partial charge on any atom is -0.398 e. The first-order valence-electron chi connectivity index (χ1n) is 9.90. The lowest BCUT2D eigenvalue weighted by Gasteiger charge is -2.31. The van der Waals surface area contributed by atoms with Crippen molar-refractivity contribution in [2.45, 2.75) is 32.2 Å². The molecule has 29 heavy (non-hydrogen) atoms. The van der Waals surface area contributed by atoms with Gasteiger partial charge in [0, 0.05) is 43.1 Å². The van der Waals surface area contributed by atoms with Gasteiger partial charge in [0.25, 0.3) is 0 Å². The van der Waals surface area contributed by atoms with Crippen molar-refractivity contribution in [3.8, 4) is 0 Å². The van der Waals surface area contributed by atoms with Crippen LogP contribution in [0.3, 0.4) is 0 Å². The van der Waals surface area contributed by atoms with E-state index in [0.29, 0.717) is 19.5 Å². The van der Waals surface area contributed by atoms with Crippen LogP contribution in [0.2, 0.25) is 0 Å². The number of rotatable bonds is 5. The number of carbonyl (C=O) groups is 2. The first-order chi connectivity index (χ1) is 13.6. The zero-order valence-corrected chi connectivity index (χ0v) is 17.2. The number of nitrogens with two attached hydrogens (primary N) is 1. The highest BCUT2D eigenvalue weighted by Gasteiger charge is 2.22. The van der Waals surface area contributed by atoms with E-state index < -0.39 is 0 Å². The van der Waals surface area contributed by atoms with Crippen LogP contribution < -0.4 is 20.9 Å². The molecule has 0 aliphatic carbocycles. The van der Waals surface area contributed by atoms with Crippen molar-refractivity contribution >= 4 is 41.3 Å². The number of amides is 2. The molecule has 0 atom stereocenters. The second kappa shape index (κ2) is 9.18. The van der Waals surface area contributed by atoms with Gasteiger partial charge >= 0.3 is 0 Å². The number of halogens is 1. The van der Waals surface area contributed by atoms with Crippen LogP contribution in [0.25, 0.3) is 0 Å². The van der Waals surface area contributed by atoms with E-state index >= 15 is 0 Å². The highest BCUT2D eigenvalue weighted by atomic mass is 35.5. The zero-order valence-electron chi connectivity index (χ0n) is 16.4. The van der Waals surface area contributed by atoms with E-state index in [1.807, 2.05) is 47.4 Å². The lowest BCUT2D eigenvalue weighted by atomic mass is 10.00. The van der Waals surface area contributed by atoms with Crippen molar-refractivity contribution in [1.82, 2.24) is 5.32 Å². The summed E-state index contributed by atoms with van der Waals surface area (Å²) >= 11 is 0. The maximum atomic E-state index is 12.5. The van der Waals surface area contributed by atoms with Crippen LogP contribution in [0.1, 0.15) is 30.4 Å². The topological polar surface area (TPSA) is 78.7 Å². The third-order valence-electron chi connectivity index (χ3n) is 5.53. The summed E-state index contributed by atoms with van der Waals surface area (Å²) in [5.41, 5.74) is 11.1. The molecule has 0 unspecified atom stereocenters. The van der Waals surface area contributed by atoms with E-state index in [-0.39, 0.29) is 24.2 Å². The second-order valence-electron chi connectivity index (χ2n) is 7.46. The molecular weight excluding hydrogens is 388 g/mol. The Balaban J connectivity index is 0.00000240. The van der Waals surface area contributed by atoms with Crippen LogP contribution >= 0.6 is 12.4 Å². The number of nitrogens with one attached hydrogen (secondary N) is 1. The fourth-order valence-corrected chi connectivity index (χ4v) is 4.04. The van der Waals surface area contributed by atoms with Gasteiger partial charge in [-0.1, -0.05) is 18.2 Å². The third kappa shape index (κ3) is 4.65. The Kier molecular flexibility index (Phi) is 6.64. The second-order valence-corrected chi connectivity index (χ2v) is 7.46. The lowest BCUT2D eigenvalue weighted by molar-refractivity contribution is -0.120. The van der Waals surface area contributed by atoms with Gasteiger partial charge in [-0.15, -0.1) is 12.4 Å². The van der Waals surface area contributed by atoms with Gasteiger partial charge in [-0.3, -0.25) is 9.59 Å². The van der Waals surface area contributed by atoms with Crippen molar-refractivity contribution in [2.24, 2.45) is 0 Å². The standard InChI is InChI=1S/C22H26N4O2.ClH/c23-19-5-1-6-20-18(19)4-2-12-25(20)15-21(27)24-14-16-8-10-17(11-9-16)26-13-3-7-22(26)28;/h1,5-6,8-11H,2-4,7,12-15,23H2,(H,24,27);1H. The van der Waals surface area contributed by atoms with E-state index in [0.717, 1.165) is 60.5 Å². The normalized spacial score (nSPS) is 15.7. The Hall–Kier alpha value is -2.73. The van der Waals surface area contributed by atoms with Crippen molar-refractivity contribution in [3.05, 3.63) is 53.6 Å². The maximum Gasteiger partial charge on any atom is 0.239 e. The molecule has 3 N–H and O–H groups in total. The van der Waals surface area contributed by atoms with Gasteiger partial charge in [0.05, 0.1) is 6.54 Å². The molecule has 1 fully saturated rings. The van der Waals surface area contributed by atoms with Gasteiger partial charge in [0.15, 0.2) is 0 Å². The maximum absolute atomic E-state index is 12.5. The van der Waals surface area contributed by atoms with E-state index in [4.69, 9.17) is 5.73 Å². The Morgan fingerprint density at radius 2 is 1.79 bits per heavy atom. The monoisotopic (exact) mass is 414 g/mol. The molecule has 2 aromatic rings. The Labute approximate surface area is 177 Å². The largest absolute Gasteiger partial charge is 0.398 e. The molecule has 6 nitrogen and oxygen atoms in total. The SMILES string of the molecule is Cl.Nc1cccc2c1CCCN2CC(=O)NCc1ccc(N2CCCC2=O)cc1. The molecule has 154 valence electrons. The zero-order chi connectivity index (χ0) is 19.5. The smallest absolute Gasteiger partial charge is 0.239 e. The summed E-state index contributed by atoms with van der Waals surface area (Å²) in [7, 11) is 0. The quantitative estimate of drug-likeness (QED) is 0.737. The van der Waals surface area contributed by atoms with E-state index in [9.17, 15) is 9.59 Å². The summed E-state index contributed by atoms with van der Waals surface area (Å²) in [6, 6.07) is 13.7. The van der Waals surface area contributed by atoms with Gasteiger partial charge in [-0.05, 0) is 54.7 Å². The molecule has 2 aromatic carbocycles. The first-order valence-corrected chi connectivity index (χ1v) is 9.90. The van der Waals surface area contributed by atoms with Crippen LogP contribution in [0.15, 0.2) is 42.5 Å². The number of nitrogen functional groups attached to an aromatic ring is 1. The number of hydrogen-bond acceptors (Lipinski definition) is 4. The van der Waals surface area contributed by atoms with E-state index in [1.54, 1.807) is 0 Å². The summed E-state index contributed by atoms with van der Waals surface area (Å²) in [6.07, 6.45) is 3.52. The molecule has 0 saturated carbocycles. The summed E-state index contributed by atoms with van der Waals surface area (Å²) in [6.45, 7) is 2.46. The average molecular weight is 415 g/mol. The van der Waals surface area contributed by atoms with E-state index in [2.05, 4.69) is 10.2 Å². The minimum absolute atomic E-state index is 0. The molecular formula is C22H27ClN4O2. The average Bonchev–Trinajstić information content (AvgIpc) is 3.13. The highest BCUT2D eigenvalue weighted by molar-refractivity contribution is 5.95. The summed E-state index contributed by atoms with van der Waals surface area (Å²) in [4.78, 5) is 28.2. The van der Waals surface area contributed by atoms with Crippen molar-refractivity contribution in [3.63, 3.8) is 0 Å². The Bertz CT molecular complexity index is 885. The van der Waals surface area contributed by atoms with Crippen LogP contribution in [-0.2, 0) is 22.6 Å². The number of anilines is 3. The number of carbonyl (C=O) groups excluding carboxylic acids is 2. The molecule has 2 aliphatic rings. The number of fused-ring (bicyclic) bond motifs is 1. The van der Waals surface area contributed by atoms with Crippen molar-refractivity contribution in [1.29, 1.82) is 0 Å². The van der Waals surface area contributed by atoms with Gasteiger partial charge in [-0.2, -0.15) is 0 Å². The lowest BCUT2D eigenvalue weighted by Crippen LogP contribution is -2.39. The number of benzene rings is 2. The highest BCUT2D eigenvalue weighted by Crippen LogP contribution is 2.30. The predicted octanol–water partition coefficient (Wildman–Crippen LogP) is 2.89. The van der Waals surface area contributed by atoms with Crippen molar-refractivity contribution in [2.75, 3.05) is 35.2 Å². The molecule has 0 aromatic heterocycles. The molecule has 2 aliphatic heterocycles. The minimum atomic E-state index is -0.00549. The summed E-state index contributed by atoms with van der Waals surface area (Å²) in [5.74, 6) is 0.178. The molecule has 2 heterocycles. The molecule has 4 rings (SSSR count). The van der Waals surface area contributed by atoms with Crippen LogP contribution in [0.4, 0.5) is 17.1 Å². The fraction of sp³-hybridized carbons (Fsp3) is 0.364. The molecule has 0 spiro atoms. The van der Waals surface area contributed by atoms with Crippen LogP contribution in [0, 0.1) is 0 Å². The molecule has 7 heteroatoms. The van der Waals surface area contributed by atoms with Gasteiger partial charge in [0.1, 0.15) is 0 Å². The molecule has 2 amide bonds. The van der Waals surface area contributed by atoms with Gasteiger partial charge in [0.2, 0.25) is 11.8 Å². The molecule has 1 saturated heterocycles. The molecule has 0 radical (unpaired) electrons. The van der Waals surface area contributed by atoms with Gasteiger partial charge < -0.3 is 20.9 Å². The molecule has 0 bridgehead atoms. The van der Waals surface area contributed by atoms with E-state index in [1.165, 1.54) is 0 Å². The third-order valence-corrected chi connectivity index (χ3v) is 5.53. The van der Waals surface area contributed by atoms with Crippen LogP contribution in [0.5, 0.6) is 0 Å². The van der Waals surface area contributed by atoms with Gasteiger partial charge in [-0.25, -0.2) is 0 Å². The predicted molar refractivity (Wildman–Crippen MR) is 119 cm³/mol. The van der Waals surface area contributed by atoms with Crippen molar-refractivity contribution < 1.29 is 9.59 Å². The number of hydrogen-bond donors (Lipinski definition) is 2. The Morgan fingerprint density at radius 3 is 2.52 bits per heavy atom.